The number of Topliss-reactive ketones (excluding diaryl/α,β-unsaturated/α-hetero) is 1. The number of amides is 1. The third-order valence-electron chi connectivity index (χ3n) is 3.45. The van der Waals surface area contributed by atoms with Gasteiger partial charge in [0.2, 0.25) is 5.78 Å². The smallest absolute Gasteiger partial charge is 0.268 e. The van der Waals surface area contributed by atoms with Crippen LogP contribution in [0.5, 0.6) is 0 Å². The van der Waals surface area contributed by atoms with E-state index in [1.807, 2.05) is 0 Å². The van der Waals surface area contributed by atoms with Crippen molar-refractivity contribution in [1.29, 1.82) is 0 Å². The molecule has 0 saturated heterocycles. The largest absolute Gasteiger partial charge is 0.340 e. The number of alkyl halides is 1. The Morgan fingerprint density at radius 3 is 2.50 bits per heavy atom. The number of nitrogens with zero attached hydrogens (tertiary/aromatic N) is 1. The Morgan fingerprint density at radius 2 is 1.94 bits per heavy atom. The van der Waals surface area contributed by atoms with Crippen molar-refractivity contribution < 1.29 is 14.0 Å². The molecule has 0 fully saturated rings. The van der Waals surface area contributed by atoms with Crippen LogP contribution in [0, 0.1) is 0 Å². The number of hydrogen-bond donors (Lipinski definition) is 0. The molecule has 0 aromatic heterocycles. The first-order valence-corrected chi connectivity index (χ1v) is 6.15. The number of hydrogen-bond acceptors (Lipinski definition) is 2. The van der Waals surface area contributed by atoms with Gasteiger partial charge in [0, 0.05) is 25.1 Å². The molecule has 1 aromatic carbocycles. The fourth-order valence-electron chi connectivity index (χ4n) is 2.39. The van der Waals surface area contributed by atoms with Crippen LogP contribution < -0.4 is 0 Å². The monoisotopic (exact) mass is 249 g/mol. The lowest BCUT2D eigenvalue weighted by atomic mass is 9.99. The number of fused-ring (bicyclic) bond motifs is 1. The molecule has 1 aliphatic rings. The molecular formula is C14H16FNO2. The summed E-state index contributed by atoms with van der Waals surface area (Å²) < 4.78 is 14.8. The minimum Gasteiger partial charge on any atom is -0.340 e. The summed E-state index contributed by atoms with van der Waals surface area (Å²) in [6, 6.07) is 6.71. The van der Waals surface area contributed by atoms with E-state index < -0.39 is 17.4 Å². The van der Waals surface area contributed by atoms with Crippen LogP contribution >= 0.6 is 0 Å². The van der Waals surface area contributed by atoms with E-state index in [1.54, 1.807) is 38.1 Å². The number of ketones is 1. The van der Waals surface area contributed by atoms with Crippen LogP contribution in [-0.4, -0.2) is 35.3 Å². The zero-order chi connectivity index (χ0) is 13.3. The second-order valence-corrected chi connectivity index (χ2v) is 4.44. The minimum absolute atomic E-state index is 0.142. The zero-order valence-electron chi connectivity index (χ0n) is 10.6. The molecule has 1 aromatic rings. The summed E-state index contributed by atoms with van der Waals surface area (Å²) >= 11 is 0. The summed E-state index contributed by atoms with van der Waals surface area (Å²) in [4.78, 5) is 25.6. The van der Waals surface area contributed by atoms with E-state index in [0.29, 0.717) is 24.2 Å². The topological polar surface area (TPSA) is 37.4 Å². The quantitative estimate of drug-likeness (QED) is 0.768. The Bertz CT molecular complexity index is 496. The number of carbonyl (C=O) groups is 2. The molecule has 2 rings (SSSR count). The van der Waals surface area contributed by atoms with Gasteiger partial charge in [0.25, 0.3) is 11.6 Å². The highest BCUT2D eigenvalue weighted by atomic mass is 19.1. The summed E-state index contributed by atoms with van der Waals surface area (Å²) in [5.41, 5.74) is -1.46. The molecule has 0 bridgehead atoms. The van der Waals surface area contributed by atoms with Gasteiger partial charge in [0.1, 0.15) is 0 Å². The van der Waals surface area contributed by atoms with Crippen LogP contribution in [0.15, 0.2) is 24.3 Å². The molecule has 0 saturated carbocycles. The highest BCUT2D eigenvalue weighted by Gasteiger charge is 2.53. The molecule has 0 heterocycles. The van der Waals surface area contributed by atoms with Crippen LogP contribution in [0.4, 0.5) is 4.39 Å². The van der Waals surface area contributed by atoms with Crippen LogP contribution in [-0.2, 0) is 11.2 Å². The standard InChI is InChI=1S/C14H16FNO2/c1-3-16(4-2)13(18)14(15)9-10-7-5-6-8-11(10)12(14)17/h5-8H,3-4,9H2,1-2H3. The number of carbonyl (C=O) groups excluding carboxylic acids is 2. The molecule has 1 aliphatic carbocycles. The van der Waals surface area contributed by atoms with E-state index in [0.717, 1.165) is 0 Å². The second kappa shape index (κ2) is 4.52. The molecule has 96 valence electrons. The van der Waals surface area contributed by atoms with Crippen molar-refractivity contribution in [2.24, 2.45) is 0 Å². The molecule has 1 atom stereocenters. The Morgan fingerprint density at radius 1 is 1.33 bits per heavy atom. The minimum atomic E-state index is -2.41. The summed E-state index contributed by atoms with van der Waals surface area (Å²) in [7, 11) is 0. The number of halogens is 1. The highest BCUT2D eigenvalue weighted by Crippen LogP contribution is 2.34. The molecule has 3 nitrogen and oxygen atoms in total. The van der Waals surface area contributed by atoms with Gasteiger partial charge in [0.15, 0.2) is 0 Å². The second-order valence-electron chi connectivity index (χ2n) is 4.44. The summed E-state index contributed by atoms with van der Waals surface area (Å²) in [5.74, 6) is -1.41. The first-order chi connectivity index (χ1) is 8.54. The first-order valence-electron chi connectivity index (χ1n) is 6.15. The zero-order valence-corrected chi connectivity index (χ0v) is 10.6. The lowest BCUT2D eigenvalue weighted by molar-refractivity contribution is -0.140. The van der Waals surface area contributed by atoms with Crippen LogP contribution in [0.2, 0.25) is 0 Å². The molecule has 0 spiro atoms. The van der Waals surface area contributed by atoms with Gasteiger partial charge in [0.05, 0.1) is 0 Å². The van der Waals surface area contributed by atoms with E-state index in [1.165, 1.54) is 4.90 Å². The van der Waals surface area contributed by atoms with Gasteiger partial charge in [-0.15, -0.1) is 0 Å². The first kappa shape index (κ1) is 12.7. The Kier molecular flexibility index (Phi) is 3.20. The van der Waals surface area contributed by atoms with E-state index in [2.05, 4.69) is 0 Å². The fraction of sp³-hybridized carbons (Fsp3) is 0.429. The Hall–Kier alpha value is -1.71. The molecule has 1 unspecified atom stereocenters. The molecular weight excluding hydrogens is 233 g/mol. The molecule has 0 aliphatic heterocycles. The molecule has 0 N–H and O–H groups in total. The number of rotatable bonds is 3. The maximum Gasteiger partial charge on any atom is 0.268 e. The fourth-order valence-corrected chi connectivity index (χ4v) is 2.39. The van der Waals surface area contributed by atoms with Crippen LogP contribution in [0.3, 0.4) is 0 Å². The van der Waals surface area contributed by atoms with Gasteiger partial charge in [-0.3, -0.25) is 9.59 Å². The SMILES string of the molecule is CCN(CC)C(=O)C1(F)Cc2ccccc2C1=O. The predicted octanol–water partition coefficient (Wildman–Crippen LogP) is 2.00. The van der Waals surface area contributed by atoms with Crippen molar-refractivity contribution in [2.45, 2.75) is 25.9 Å². The van der Waals surface area contributed by atoms with Crippen molar-refractivity contribution >= 4 is 11.7 Å². The van der Waals surface area contributed by atoms with Gasteiger partial charge in [-0.2, -0.15) is 0 Å². The van der Waals surface area contributed by atoms with E-state index >= 15 is 0 Å². The Labute approximate surface area is 106 Å². The average Bonchev–Trinajstić information content (AvgIpc) is 2.65. The molecule has 0 radical (unpaired) electrons. The van der Waals surface area contributed by atoms with Crippen molar-refractivity contribution in [3.05, 3.63) is 35.4 Å². The number of benzene rings is 1. The van der Waals surface area contributed by atoms with Gasteiger partial charge in [-0.25, -0.2) is 4.39 Å². The molecule has 18 heavy (non-hydrogen) atoms. The van der Waals surface area contributed by atoms with E-state index in [4.69, 9.17) is 0 Å². The van der Waals surface area contributed by atoms with Crippen molar-refractivity contribution in [3.63, 3.8) is 0 Å². The highest BCUT2D eigenvalue weighted by molar-refractivity contribution is 6.20. The van der Waals surface area contributed by atoms with Gasteiger partial charge >= 0.3 is 0 Å². The van der Waals surface area contributed by atoms with Gasteiger partial charge < -0.3 is 4.90 Å². The van der Waals surface area contributed by atoms with Gasteiger partial charge in [-0.05, 0) is 19.4 Å². The van der Waals surface area contributed by atoms with Crippen molar-refractivity contribution in [1.82, 2.24) is 4.90 Å². The third-order valence-corrected chi connectivity index (χ3v) is 3.45. The predicted molar refractivity (Wildman–Crippen MR) is 66.2 cm³/mol. The van der Waals surface area contributed by atoms with Crippen molar-refractivity contribution in [3.8, 4) is 0 Å². The average molecular weight is 249 g/mol. The Balaban J connectivity index is 2.36. The molecule has 1 amide bonds. The summed E-state index contributed by atoms with van der Waals surface area (Å²) in [5, 5.41) is 0. The summed E-state index contributed by atoms with van der Waals surface area (Å²) in [6.45, 7) is 4.36. The maximum atomic E-state index is 14.8. The lowest BCUT2D eigenvalue weighted by Gasteiger charge is -2.25. The summed E-state index contributed by atoms with van der Waals surface area (Å²) in [6.07, 6.45) is -0.142. The maximum absolute atomic E-state index is 14.8. The van der Waals surface area contributed by atoms with Crippen LogP contribution in [0.1, 0.15) is 29.8 Å². The molecule has 4 heteroatoms. The lowest BCUT2D eigenvalue weighted by Crippen LogP contribution is -2.49. The van der Waals surface area contributed by atoms with E-state index in [-0.39, 0.29) is 6.42 Å². The van der Waals surface area contributed by atoms with Gasteiger partial charge in [-0.1, -0.05) is 24.3 Å². The third kappa shape index (κ3) is 1.72. The normalized spacial score (nSPS) is 21.8. The van der Waals surface area contributed by atoms with E-state index in [9.17, 15) is 14.0 Å². The van der Waals surface area contributed by atoms with Crippen LogP contribution in [0.25, 0.3) is 0 Å². The van der Waals surface area contributed by atoms with Crippen molar-refractivity contribution in [2.75, 3.05) is 13.1 Å².